The van der Waals surface area contributed by atoms with Gasteiger partial charge < -0.3 is 9.84 Å². The van der Waals surface area contributed by atoms with Crippen LogP contribution in [0.3, 0.4) is 0 Å². The zero-order valence-corrected chi connectivity index (χ0v) is 12.9. The molecule has 0 spiro atoms. The average Bonchev–Trinajstić information content (AvgIpc) is 2.99. The fourth-order valence-electron chi connectivity index (χ4n) is 1.96. The van der Waals surface area contributed by atoms with E-state index in [4.69, 9.17) is 0 Å². The standard InChI is InChI=1S/C14H19N3O3S/c1-3-15-11(2)12-5-4-6-14(9-12)21(18,19)16-10-13-7-8-20-17-13/h4-9,11,15-16H,3,10H2,1-2H3. The fourth-order valence-corrected chi connectivity index (χ4v) is 3.01. The molecule has 7 heteroatoms. The Hall–Kier alpha value is -1.70. The SMILES string of the molecule is CCNC(C)c1cccc(S(=O)(=O)NCc2ccon2)c1. The first-order chi connectivity index (χ1) is 10.0. The summed E-state index contributed by atoms with van der Waals surface area (Å²) in [7, 11) is -3.57. The van der Waals surface area contributed by atoms with Gasteiger partial charge in [-0.2, -0.15) is 0 Å². The molecular formula is C14H19N3O3S. The molecule has 2 rings (SSSR count). The van der Waals surface area contributed by atoms with Crippen LogP contribution < -0.4 is 10.0 Å². The van der Waals surface area contributed by atoms with E-state index in [9.17, 15) is 8.42 Å². The molecule has 1 aromatic heterocycles. The molecule has 2 N–H and O–H groups in total. The minimum atomic E-state index is -3.57. The Bertz CT molecular complexity index is 669. The Labute approximate surface area is 124 Å². The predicted octanol–water partition coefficient (Wildman–Crippen LogP) is 1.82. The Kier molecular flexibility index (Phi) is 5.11. The molecule has 0 aliphatic rings. The lowest BCUT2D eigenvalue weighted by Gasteiger charge is -2.14. The molecule has 0 aliphatic heterocycles. The summed E-state index contributed by atoms with van der Waals surface area (Å²) >= 11 is 0. The van der Waals surface area contributed by atoms with Crippen molar-refractivity contribution in [3.05, 3.63) is 47.9 Å². The zero-order valence-electron chi connectivity index (χ0n) is 12.0. The highest BCUT2D eigenvalue weighted by Gasteiger charge is 2.16. The van der Waals surface area contributed by atoms with E-state index in [0.29, 0.717) is 5.69 Å². The van der Waals surface area contributed by atoms with E-state index in [-0.39, 0.29) is 17.5 Å². The van der Waals surface area contributed by atoms with E-state index in [1.807, 2.05) is 19.9 Å². The van der Waals surface area contributed by atoms with Crippen LogP contribution in [0.15, 0.2) is 46.0 Å². The minimum absolute atomic E-state index is 0.0979. The molecule has 1 aromatic carbocycles. The van der Waals surface area contributed by atoms with E-state index in [2.05, 4.69) is 19.7 Å². The van der Waals surface area contributed by atoms with Gasteiger partial charge in [-0.3, -0.25) is 0 Å². The van der Waals surface area contributed by atoms with Gasteiger partial charge in [-0.05, 0) is 31.2 Å². The first kappa shape index (κ1) is 15.7. The Morgan fingerprint density at radius 3 is 2.81 bits per heavy atom. The van der Waals surface area contributed by atoms with Crippen LogP contribution in [0.5, 0.6) is 0 Å². The van der Waals surface area contributed by atoms with Crippen molar-refractivity contribution in [2.24, 2.45) is 0 Å². The van der Waals surface area contributed by atoms with Crippen molar-refractivity contribution in [3.63, 3.8) is 0 Å². The fraction of sp³-hybridized carbons (Fsp3) is 0.357. The summed E-state index contributed by atoms with van der Waals surface area (Å²) in [4.78, 5) is 0.244. The van der Waals surface area contributed by atoms with E-state index in [0.717, 1.165) is 12.1 Å². The summed E-state index contributed by atoms with van der Waals surface area (Å²) in [6.07, 6.45) is 1.41. The van der Waals surface area contributed by atoms with Gasteiger partial charge in [-0.25, -0.2) is 13.1 Å². The maximum atomic E-state index is 12.3. The molecule has 21 heavy (non-hydrogen) atoms. The number of sulfonamides is 1. The normalized spacial score (nSPS) is 13.2. The van der Waals surface area contributed by atoms with Crippen LogP contribution in [-0.4, -0.2) is 20.1 Å². The number of rotatable bonds is 7. The van der Waals surface area contributed by atoms with Gasteiger partial charge in [0.2, 0.25) is 10.0 Å². The van der Waals surface area contributed by atoms with Crippen molar-refractivity contribution >= 4 is 10.0 Å². The van der Waals surface area contributed by atoms with Crippen molar-refractivity contribution < 1.29 is 12.9 Å². The highest BCUT2D eigenvalue weighted by molar-refractivity contribution is 7.89. The molecule has 0 radical (unpaired) electrons. The van der Waals surface area contributed by atoms with Crippen molar-refractivity contribution in [2.45, 2.75) is 31.3 Å². The first-order valence-electron chi connectivity index (χ1n) is 6.75. The monoisotopic (exact) mass is 309 g/mol. The third kappa shape index (κ3) is 4.13. The largest absolute Gasteiger partial charge is 0.364 e. The Balaban J connectivity index is 2.14. The number of hydrogen-bond donors (Lipinski definition) is 2. The Morgan fingerprint density at radius 1 is 1.33 bits per heavy atom. The smallest absolute Gasteiger partial charge is 0.240 e. The van der Waals surface area contributed by atoms with Gasteiger partial charge in [0.25, 0.3) is 0 Å². The van der Waals surface area contributed by atoms with Gasteiger partial charge in [-0.1, -0.05) is 24.2 Å². The highest BCUT2D eigenvalue weighted by Crippen LogP contribution is 2.17. The van der Waals surface area contributed by atoms with Crippen molar-refractivity contribution in [3.8, 4) is 0 Å². The molecule has 1 unspecified atom stereocenters. The lowest BCUT2D eigenvalue weighted by atomic mass is 10.1. The molecule has 0 aliphatic carbocycles. The van der Waals surface area contributed by atoms with Crippen LogP contribution in [0.4, 0.5) is 0 Å². The molecule has 0 fully saturated rings. The number of nitrogens with zero attached hydrogens (tertiary/aromatic N) is 1. The number of hydrogen-bond acceptors (Lipinski definition) is 5. The van der Waals surface area contributed by atoms with E-state index in [1.165, 1.54) is 6.26 Å². The van der Waals surface area contributed by atoms with Gasteiger partial charge in [0.15, 0.2) is 0 Å². The molecule has 0 saturated carbocycles. The van der Waals surface area contributed by atoms with Crippen LogP contribution in [0.25, 0.3) is 0 Å². The molecule has 0 bridgehead atoms. The summed E-state index contributed by atoms with van der Waals surface area (Å²) in [5, 5.41) is 6.93. The molecule has 114 valence electrons. The van der Waals surface area contributed by atoms with Gasteiger partial charge in [0.05, 0.1) is 17.1 Å². The summed E-state index contributed by atoms with van der Waals surface area (Å²) in [6, 6.07) is 8.62. The zero-order chi connectivity index (χ0) is 15.3. The second-order valence-electron chi connectivity index (χ2n) is 4.67. The van der Waals surface area contributed by atoms with Crippen molar-refractivity contribution in [1.82, 2.24) is 15.2 Å². The third-order valence-corrected chi connectivity index (χ3v) is 4.51. The topological polar surface area (TPSA) is 84.2 Å². The Morgan fingerprint density at radius 2 is 2.14 bits per heavy atom. The van der Waals surface area contributed by atoms with Gasteiger partial charge in [0.1, 0.15) is 6.26 Å². The number of nitrogens with one attached hydrogen (secondary N) is 2. The molecule has 1 atom stereocenters. The minimum Gasteiger partial charge on any atom is -0.364 e. The highest BCUT2D eigenvalue weighted by atomic mass is 32.2. The molecule has 1 heterocycles. The van der Waals surface area contributed by atoms with E-state index in [1.54, 1.807) is 24.3 Å². The maximum absolute atomic E-state index is 12.3. The van der Waals surface area contributed by atoms with Gasteiger partial charge in [0, 0.05) is 12.1 Å². The summed E-state index contributed by atoms with van der Waals surface area (Å²) < 4.78 is 31.7. The van der Waals surface area contributed by atoms with Crippen LogP contribution in [0, 0.1) is 0 Å². The number of benzene rings is 1. The summed E-state index contributed by atoms with van der Waals surface area (Å²) in [5.41, 5.74) is 1.47. The first-order valence-corrected chi connectivity index (χ1v) is 8.23. The molecular weight excluding hydrogens is 290 g/mol. The third-order valence-electron chi connectivity index (χ3n) is 3.11. The van der Waals surface area contributed by atoms with Crippen LogP contribution in [0.1, 0.15) is 31.1 Å². The average molecular weight is 309 g/mol. The van der Waals surface area contributed by atoms with Crippen LogP contribution in [0.2, 0.25) is 0 Å². The van der Waals surface area contributed by atoms with Crippen molar-refractivity contribution in [2.75, 3.05) is 6.54 Å². The van der Waals surface area contributed by atoms with Crippen LogP contribution >= 0.6 is 0 Å². The molecule has 6 nitrogen and oxygen atoms in total. The second-order valence-corrected chi connectivity index (χ2v) is 6.43. The van der Waals surface area contributed by atoms with E-state index < -0.39 is 10.0 Å². The lowest BCUT2D eigenvalue weighted by Crippen LogP contribution is -2.24. The van der Waals surface area contributed by atoms with Crippen molar-refractivity contribution in [1.29, 1.82) is 0 Å². The van der Waals surface area contributed by atoms with Gasteiger partial charge in [-0.15, -0.1) is 0 Å². The van der Waals surface area contributed by atoms with Gasteiger partial charge >= 0.3 is 0 Å². The summed E-state index contributed by atoms with van der Waals surface area (Å²) in [5.74, 6) is 0. The molecule has 2 aromatic rings. The quantitative estimate of drug-likeness (QED) is 0.815. The molecule has 0 amide bonds. The van der Waals surface area contributed by atoms with E-state index >= 15 is 0 Å². The lowest BCUT2D eigenvalue weighted by molar-refractivity contribution is 0.411. The second kappa shape index (κ2) is 6.84. The maximum Gasteiger partial charge on any atom is 0.240 e. The number of aromatic nitrogens is 1. The predicted molar refractivity (Wildman–Crippen MR) is 79.1 cm³/mol. The summed E-state index contributed by atoms with van der Waals surface area (Å²) in [6.45, 7) is 4.93. The van der Waals surface area contributed by atoms with Crippen LogP contribution in [-0.2, 0) is 16.6 Å². The molecule has 0 saturated heterocycles.